The molecule has 10 nitrogen and oxygen atoms in total. The molecule has 2 fully saturated rings. The smallest absolute Gasteiger partial charge is 0.332 e. The molecule has 1 atom stereocenters. The average Bonchev–Trinajstić information content (AvgIpc) is 3.76. The molecule has 3 aromatic carbocycles. The fourth-order valence-corrected chi connectivity index (χ4v) is 5.95. The topological polar surface area (TPSA) is 127 Å². The van der Waals surface area contributed by atoms with Crippen LogP contribution in [0.4, 0.5) is 20.7 Å². The molecule has 2 aliphatic heterocycles. The number of imide groups is 1. The van der Waals surface area contributed by atoms with E-state index in [2.05, 4.69) is 10.1 Å². The van der Waals surface area contributed by atoms with Crippen molar-refractivity contribution in [1.82, 2.24) is 19.7 Å². The molecule has 2 aromatic heterocycles. The number of fused-ring (bicyclic) bond motifs is 2. The summed E-state index contributed by atoms with van der Waals surface area (Å²) in [6.45, 7) is 4.25. The Morgan fingerprint density at radius 1 is 1.05 bits per heavy atom. The van der Waals surface area contributed by atoms with Crippen LogP contribution in [0.25, 0.3) is 16.6 Å². The summed E-state index contributed by atoms with van der Waals surface area (Å²) in [5.74, 6) is -0.328. The van der Waals surface area contributed by atoms with Gasteiger partial charge in [0.2, 0.25) is 5.78 Å². The van der Waals surface area contributed by atoms with Gasteiger partial charge < -0.3 is 20.4 Å². The van der Waals surface area contributed by atoms with Gasteiger partial charge in [-0.2, -0.15) is 5.10 Å². The zero-order chi connectivity index (χ0) is 30.0. The molecule has 43 heavy (non-hydrogen) atoms. The number of ether oxygens (including phenoxy) is 1. The number of hydrogen-bond acceptors (Lipinski definition) is 6. The fraction of sp³-hybridized carbons (Fsp3) is 0.188. The maximum absolute atomic E-state index is 14.0. The number of nitrogens with two attached hydrogens (primary N) is 1. The Morgan fingerprint density at radius 2 is 1.84 bits per heavy atom. The summed E-state index contributed by atoms with van der Waals surface area (Å²) in [5.41, 5.74) is 10.2. The maximum Gasteiger partial charge on any atom is 0.332 e. The number of nitrogen functional groups attached to an aromatic ring is 1. The lowest BCUT2D eigenvalue weighted by molar-refractivity contribution is -0.119. The van der Waals surface area contributed by atoms with Crippen LogP contribution in [0.1, 0.15) is 40.0 Å². The number of H-pyrrole nitrogens is 1. The third-order valence-electron chi connectivity index (χ3n) is 8.13. The number of anilines is 2. The van der Waals surface area contributed by atoms with Crippen LogP contribution in [0.3, 0.4) is 0 Å². The van der Waals surface area contributed by atoms with Crippen molar-refractivity contribution in [2.75, 3.05) is 17.2 Å². The van der Waals surface area contributed by atoms with Crippen LogP contribution in [0.2, 0.25) is 0 Å². The number of hydrogen-bond donors (Lipinski definition) is 2. The third kappa shape index (κ3) is 4.23. The molecule has 1 unspecified atom stereocenters. The minimum absolute atomic E-state index is 0.112. The highest BCUT2D eigenvalue weighted by Gasteiger charge is 2.48. The zero-order valence-electron chi connectivity index (χ0n) is 23.4. The van der Waals surface area contributed by atoms with E-state index in [1.54, 1.807) is 53.4 Å². The number of ketones is 1. The van der Waals surface area contributed by atoms with Crippen LogP contribution < -0.4 is 15.4 Å². The highest BCUT2D eigenvalue weighted by Crippen LogP contribution is 2.36. The first kappa shape index (κ1) is 26.4. The number of amides is 3. The molecule has 3 N–H and O–H groups in total. The van der Waals surface area contributed by atoms with Crippen LogP contribution in [0.15, 0.2) is 66.9 Å². The van der Waals surface area contributed by atoms with E-state index in [4.69, 9.17) is 10.5 Å². The van der Waals surface area contributed by atoms with Gasteiger partial charge in [-0.05, 0) is 86.3 Å². The standard InChI is InChI=1S/C32H27FN6O4/c1-17-12-19-14-24(36-23(19)15-27(17)38-31(41)26-7-5-11-37(26)32(38)42)29(40)21-16-35-39(30(21)34)25-10-9-20(13-18(25)2)43-28-8-4-3-6-22(28)33/h3-4,6,8-10,12-16,26,36H,5,7,11,34H2,1-2H3. The number of aromatic nitrogens is 3. The van der Waals surface area contributed by atoms with E-state index in [0.29, 0.717) is 41.3 Å². The predicted molar refractivity (Wildman–Crippen MR) is 158 cm³/mol. The second-order valence-electron chi connectivity index (χ2n) is 10.9. The quantitative estimate of drug-likeness (QED) is 0.198. The van der Waals surface area contributed by atoms with E-state index in [9.17, 15) is 18.8 Å². The minimum Gasteiger partial charge on any atom is -0.454 e. The molecular weight excluding hydrogens is 551 g/mol. The van der Waals surface area contributed by atoms with Gasteiger partial charge in [0.05, 0.1) is 28.8 Å². The molecule has 4 heterocycles. The van der Waals surface area contributed by atoms with Gasteiger partial charge >= 0.3 is 6.03 Å². The second-order valence-corrected chi connectivity index (χ2v) is 10.9. The van der Waals surface area contributed by atoms with Gasteiger partial charge in [-0.25, -0.2) is 18.8 Å². The molecule has 0 aliphatic carbocycles. The summed E-state index contributed by atoms with van der Waals surface area (Å²) >= 11 is 0. The zero-order valence-corrected chi connectivity index (χ0v) is 23.4. The fourth-order valence-electron chi connectivity index (χ4n) is 5.95. The molecule has 0 spiro atoms. The Hall–Kier alpha value is -5.45. The van der Waals surface area contributed by atoms with Gasteiger partial charge in [-0.3, -0.25) is 9.59 Å². The maximum atomic E-state index is 14.0. The van der Waals surface area contributed by atoms with E-state index < -0.39 is 11.9 Å². The molecular formula is C32H27FN6O4. The minimum atomic E-state index is -0.467. The summed E-state index contributed by atoms with van der Waals surface area (Å²) in [5, 5.41) is 5.13. The molecule has 11 heteroatoms. The van der Waals surface area contributed by atoms with Crippen molar-refractivity contribution in [3.05, 3.63) is 95.1 Å². The van der Waals surface area contributed by atoms with Crippen LogP contribution in [-0.2, 0) is 4.79 Å². The number of rotatable bonds is 6. The van der Waals surface area contributed by atoms with E-state index >= 15 is 0 Å². The molecule has 5 aromatic rings. The molecule has 216 valence electrons. The number of carbonyl (C=O) groups is 3. The van der Waals surface area contributed by atoms with Crippen molar-refractivity contribution in [3.63, 3.8) is 0 Å². The number of aromatic amines is 1. The summed E-state index contributed by atoms with van der Waals surface area (Å²) in [4.78, 5) is 45.6. The van der Waals surface area contributed by atoms with Crippen molar-refractivity contribution in [1.29, 1.82) is 0 Å². The highest BCUT2D eigenvalue weighted by molar-refractivity contribution is 6.22. The van der Waals surface area contributed by atoms with Gasteiger partial charge in [0, 0.05) is 17.4 Å². The summed E-state index contributed by atoms with van der Waals surface area (Å²) in [6, 6.07) is 15.9. The first-order valence-electron chi connectivity index (χ1n) is 13.9. The highest BCUT2D eigenvalue weighted by atomic mass is 19.1. The van der Waals surface area contributed by atoms with Gasteiger partial charge in [0.1, 0.15) is 17.6 Å². The lowest BCUT2D eigenvalue weighted by Crippen LogP contribution is -2.33. The first-order chi connectivity index (χ1) is 20.7. The number of urea groups is 1. The molecule has 2 aliphatic rings. The Kier molecular flexibility index (Phi) is 6.05. The number of carbonyl (C=O) groups excluding carboxylic acids is 3. The van der Waals surface area contributed by atoms with Gasteiger partial charge in [0.15, 0.2) is 11.6 Å². The average molecular weight is 579 g/mol. The lowest BCUT2D eigenvalue weighted by atomic mass is 10.1. The van der Waals surface area contributed by atoms with Crippen LogP contribution >= 0.6 is 0 Å². The second kappa shape index (κ2) is 9.83. The molecule has 0 bridgehead atoms. The van der Waals surface area contributed by atoms with Crippen LogP contribution in [-0.4, -0.2) is 50.0 Å². The van der Waals surface area contributed by atoms with E-state index in [1.807, 2.05) is 19.9 Å². The summed E-state index contributed by atoms with van der Waals surface area (Å²) < 4.78 is 21.2. The Labute approximate surface area is 245 Å². The lowest BCUT2D eigenvalue weighted by Gasteiger charge is -2.17. The normalized spacial score (nSPS) is 16.4. The summed E-state index contributed by atoms with van der Waals surface area (Å²) in [6.07, 6.45) is 2.91. The Bertz CT molecular complexity index is 1960. The van der Waals surface area contributed by atoms with Crippen molar-refractivity contribution < 1.29 is 23.5 Å². The number of para-hydroxylation sites is 1. The van der Waals surface area contributed by atoms with Crippen molar-refractivity contribution in [2.24, 2.45) is 0 Å². The third-order valence-corrected chi connectivity index (χ3v) is 8.13. The Morgan fingerprint density at radius 3 is 2.60 bits per heavy atom. The largest absolute Gasteiger partial charge is 0.454 e. The molecule has 7 rings (SSSR count). The molecule has 0 radical (unpaired) electrons. The summed E-state index contributed by atoms with van der Waals surface area (Å²) in [7, 11) is 0. The molecule has 0 saturated carbocycles. The van der Waals surface area contributed by atoms with Gasteiger partial charge in [-0.15, -0.1) is 0 Å². The van der Waals surface area contributed by atoms with Gasteiger partial charge in [-0.1, -0.05) is 12.1 Å². The Balaban J connectivity index is 1.16. The van der Waals surface area contributed by atoms with E-state index in [1.165, 1.54) is 21.8 Å². The number of benzene rings is 3. The van der Waals surface area contributed by atoms with Crippen molar-refractivity contribution in [2.45, 2.75) is 32.7 Å². The van der Waals surface area contributed by atoms with Gasteiger partial charge in [0.25, 0.3) is 5.91 Å². The predicted octanol–water partition coefficient (Wildman–Crippen LogP) is 5.65. The monoisotopic (exact) mass is 578 g/mol. The first-order valence-corrected chi connectivity index (χ1v) is 13.9. The van der Waals surface area contributed by atoms with Crippen LogP contribution in [0, 0.1) is 19.7 Å². The number of nitrogens with zero attached hydrogens (tertiary/aromatic N) is 4. The van der Waals surface area contributed by atoms with Crippen molar-refractivity contribution in [3.8, 4) is 17.2 Å². The number of aryl methyl sites for hydroxylation is 2. The SMILES string of the molecule is Cc1cc2cc(C(=O)c3cnn(-c4ccc(Oc5ccccc5F)cc4C)c3N)[nH]c2cc1N1C(=O)C2CCCN2C1=O. The van der Waals surface area contributed by atoms with Crippen molar-refractivity contribution >= 4 is 40.1 Å². The molecule has 2 saturated heterocycles. The van der Waals surface area contributed by atoms with E-state index in [0.717, 1.165) is 22.9 Å². The van der Waals surface area contributed by atoms with E-state index in [-0.39, 0.29) is 34.9 Å². The number of nitrogens with one attached hydrogen (secondary N) is 1. The number of halogens is 1. The molecule has 3 amide bonds. The van der Waals surface area contributed by atoms with Crippen LogP contribution in [0.5, 0.6) is 11.5 Å².